The lowest BCUT2D eigenvalue weighted by atomic mass is 9.99. The van der Waals surface area contributed by atoms with Crippen molar-refractivity contribution in [1.29, 1.82) is 0 Å². The molecular formula is C15H13F2NO. The van der Waals surface area contributed by atoms with E-state index >= 15 is 0 Å². The van der Waals surface area contributed by atoms with Crippen molar-refractivity contribution >= 4 is 11.5 Å². The third-order valence-corrected chi connectivity index (χ3v) is 2.90. The average molecular weight is 261 g/mol. The fourth-order valence-corrected chi connectivity index (χ4v) is 1.93. The van der Waals surface area contributed by atoms with E-state index in [-0.39, 0.29) is 12.2 Å². The number of hydrogen-bond acceptors (Lipinski definition) is 2. The van der Waals surface area contributed by atoms with E-state index in [1.54, 1.807) is 25.1 Å². The number of nitrogens with two attached hydrogens (primary N) is 1. The van der Waals surface area contributed by atoms with E-state index in [1.165, 1.54) is 6.07 Å². The third kappa shape index (κ3) is 2.96. The fourth-order valence-electron chi connectivity index (χ4n) is 1.93. The smallest absolute Gasteiger partial charge is 0.167 e. The van der Waals surface area contributed by atoms with Crippen LogP contribution in [0, 0.1) is 18.6 Å². The number of hydrogen-bond donors (Lipinski definition) is 1. The Morgan fingerprint density at radius 1 is 1.11 bits per heavy atom. The van der Waals surface area contributed by atoms with Crippen LogP contribution in [-0.4, -0.2) is 5.78 Å². The zero-order chi connectivity index (χ0) is 14.0. The van der Waals surface area contributed by atoms with Crippen LogP contribution in [-0.2, 0) is 6.42 Å². The molecule has 0 amide bonds. The molecule has 4 heteroatoms. The third-order valence-electron chi connectivity index (χ3n) is 2.90. The second-order valence-electron chi connectivity index (χ2n) is 4.42. The zero-order valence-corrected chi connectivity index (χ0v) is 10.4. The molecule has 2 aromatic carbocycles. The number of rotatable bonds is 3. The molecule has 0 unspecified atom stereocenters. The molecule has 0 radical (unpaired) electrons. The van der Waals surface area contributed by atoms with Gasteiger partial charge in [-0.25, -0.2) is 8.78 Å². The SMILES string of the molecule is Cc1cc(N)ccc1C(=O)Cc1ccc(F)c(F)c1. The molecule has 0 aliphatic rings. The van der Waals surface area contributed by atoms with Crippen molar-refractivity contribution in [2.75, 3.05) is 5.73 Å². The molecule has 0 aromatic heterocycles. The van der Waals surface area contributed by atoms with Gasteiger partial charge in [0.1, 0.15) is 0 Å². The van der Waals surface area contributed by atoms with Crippen LogP contribution < -0.4 is 5.73 Å². The van der Waals surface area contributed by atoms with Crippen molar-refractivity contribution in [3.63, 3.8) is 0 Å². The molecule has 2 rings (SSSR count). The van der Waals surface area contributed by atoms with Gasteiger partial charge in [0.15, 0.2) is 17.4 Å². The zero-order valence-electron chi connectivity index (χ0n) is 10.4. The van der Waals surface area contributed by atoms with Gasteiger partial charge in [-0.15, -0.1) is 0 Å². The maximum atomic E-state index is 13.1. The maximum Gasteiger partial charge on any atom is 0.167 e. The Balaban J connectivity index is 2.23. The van der Waals surface area contributed by atoms with Gasteiger partial charge in [-0.1, -0.05) is 6.07 Å². The highest BCUT2D eigenvalue weighted by Gasteiger charge is 2.11. The number of Topliss-reactive ketones (excluding diaryl/α,β-unsaturated/α-hetero) is 1. The van der Waals surface area contributed by atoms with E-state index < -0.39 is 11.6 Å². The molecule has 0 bridgehead atoms. The molecule has 98 valence electrons. The summed E-state index contributed by atoms with van der Waals surface area (Å²) in [7, 11) is 0. The minimum absolute atomic E-state index is 0.0297. The Bertz CT molecular complexity index is 638. The van der Waals surface area contributed by atoms with E-state index in [9.17, 15) is 13.6 Å². The second kappa shape index (κ2) is 5.18. The molecular weight excluding hydrogens is 248 g/mol. The largest absolute Gasteiger partial charge is 0.399 e. The van der Waals surface area contributed by atoms with Gasteiger partial charge in [0.05, 0.1) is 0 Å². The highest BCUT2D eigenvalue weighted by molar-refractivity contribution is 5.99. The minimum Gasteiger partial charge on any atom is -0.399 e. The van der Waals surface area contributed by atoms with E-state index in [0.29, 0.717) is 16.8 Å². The van der Waals surface area contributed by atoms with Crippen LogP contribution in [0.2, 0.25) is 0 Å². The molecule has 2 nitrogen and oxygen atoms in total. The van der Waals surface area contributed by atoms with Gasteiger partial charge >= 0.3 is 0 Å². The van der Waals surface area contributed by atoms with E-state index in [2.05, 4.69) is 0 Å². The molecule has 2 aromatic rings. The highest BCUT2D eigenvalue weighted by atomic mass is 19.2. The minimum atomic E-state index is -0.945. The summed E-state index contributed by atoms with van der Waals surface area (Å²) in [4.78, 5) is 12.1. The molecule has 0 fully saturated rings. The fraction of sp³-hybridized carbons (Fsp3) is 0.133. The molecule has 0 saturated heterocycles. The maximum absolute atomic E-state index is 13.1. The lowest BCUT2D eigenvalue weighted by Gasteiger charge is -2.06. The first-order chi connectivity index (χ1) is 8.97. The number of aryl methyl sites for hydroxylation is 1. The summed E-state index contributed by atoms with van der Waals surface area (Å²) < 4.78 is 25.9. The van der Waals surface area contributed by atoms with Crippen molar-refractivity contribution in [1.82, 2.24) is 0 Å². The number of carbonyl (C=O) groups is 1. The molecule has 0 heterocycles. The van der Waals surface area contributed by atoms with Gasteiger partial charge in [0, 0.05) is 17.7 Å². The standard InChI is InChI=1S/C15H13F2NO/c1-9-6-11(18)3-4-12(9)15(19)8-10-2-5-13(16)14(17)7-10/h2-7H,8,18H2,1H3. The van der Waals surface area contributed by atoms with Crippen molar-refractivity contribution < 1.29 is 13.6 Å². The first kappa shape index (κ1) is 13.2. The summed E-state index contributed by atoms with van der Waals surface area (Å²) in [5, 5.41) is 0. The van der Waals surface area contributed by atoms with Crippen LogP contribution in [0.3, 0.4) is 0 Å². The number of ketones is 1. The van der Waals surface area contributed by atoms with Crippen molar-refractivity contribution in [2.45, 2.75) is 13.3 Å². The van der Waals surface area contributed by atoms with E-state index in [4.69, 9.17) is 5.73 Å². The lowest BCUT2D eigenvalue weighted by Crippen LogP contribution is -2.06. The number of carbonyl (C=O) groups excluding carboxylic acids is 1. The van der Waals surface area contributed by atoms with Crippen LogP contribution in [0.25, 0.3) is 0 Å². The second-order valence-corrected chi connectivity index (χ2v) is 4.42. The predicted octanol–water partition coefficient (Wildman–Crippen LogP) is 3.28. The molecule has 0 saturated carbocycles. The first-order valence-electron chi connectivity index (χ1n) is 5.80. The number of nitrogen functional groups attached to an aromatic ring is 1. The van der Waals surface area contributed by atoms with Crippen LogP contribution in [0.4, 0.5) is 14.5 Å². The van der Waals surface area contributed by atoms with Crippen LogP contribution in [0.1, 0.15) is 21.5 Å². The number of anilines is 1. The van der Waals surface area contributed by atoms with Gasteiger partial charge in [-0.05, 0) is 48.4 Å². The Kier molecular flexibility index (Phi) is 3.60. The van der Waals surface area contributed by atoms with Crippen molar-refractivity contribution in [2.24, 2.45) is 0 Å². The van der Waals surface area contributed by atoms with Crippen LogP contribution in [0.5, 0.6) is 0 Å². The average Bonchev–Trinajstić information content (AvgIpc) is 2.33. The van der Waals surface area contributed by atoms with Gasteiger partial charge in [0.2, 0.25) is 0 Å². The molecule has 0 aliphatic carbocycles. The Morgan fingerprint density at radius 3 is 2.47 bits per heavy atom. The summed E-state index contributed by atoms with van der Waals surface area (Å²) in [5.74, 6) is -2.01. The predicted molar refractivity (Wildman–Crippen MR) is 70.0 cm³/mol. The topological polar surface area (TPSA) is 43.1 Å². The van der Waals surface area contributed by atoms with Gasteiger partial charge in [-0.3, -0.25) is 4.79 Å². The summed E-state index contributed by atoms with van der Waals surface area (Å²) >= 11 is 0. The first-order valence-corrected chi connectivity index (χ1v) is 5.80. The van der Waals surface area contributed by atoms with Crippen molar-refractivity contribution in [3.05, 3.63) is 64.7 Å². The van der Waals surface area contributed by atoms with E-state index in [1.807, 2.05) is 0 Å². The van der Waals surface area contributed by atoms with Gasteiger partial charge in [0.25, 0.3) is 0 Å². The van der Waals surface area contributed by atoms with E-state index in [0.717, 1.165) is 17.7 Å². The molecule has 19 heavy (non-hydrogen) atoms. The quantitative estimate of drug-likeness (QED) is 0.680. The molecule has 0 atom stereocenters. The Morgan fingerprint density at radius 2 is 1.84 bits per heavy atom. The Labute approximate surface area is 109 Å². The highest BCUT2D eigenvalue weighted by Crippen LogP contribution is 2.16. The molecule has 0 spiro atoms. The summed E-state index contributed by atoms with van der Waals surface area (Å²) in [5.41, 5.74) is 7.96. The lowest BCUT2D eigenvalue weighted by molar-refractivity contribution is 0.0992. The molecule has 0 aliphatic heterocycles. The monoisotopic (exact) mass is 261 g/mol. The van der Waals surface area contributed by atoms with Crippen LogP contribution in [0.15, 0.2) is 36.4 Å². The van der Waals surface area contributed by atoms with Crippen molar-refractivity contribution in [3.8, 4) is 0 Å². The number of benzene rings is 2. The summed E-state index contributed by atoms with van der Waals surface area (Å²) in [6.07, 6.45) is 0.0297. The molecule has 2 N–H and O–H groups in total. The number of halogens is 2. The Hall–Kier alpha value is -2.23. The van der Waals surface area contributed by atoms with Gasteiger partial charge in [-0.2, -0.15) is 0 Å². The summed E-state index contributed by atoms with van der Waals surface area (Å²) in [6.45, 7) is 1.79. The van der Waals surface area contributed by atoms with Gasteiger partial charge < -0.3 is 5.73 Å². The summed E-state index contributed by atoms with van der Waals surface area (Å²) in [6, 6.07) is 8.47. The normalized spacial score (nSPS) is 10.5. The van der Waals surface area contributed by atoms with Crippen LogP contribution >= 0.6 is 0 Å².